The van der Waals surface area contributed by atoms with Crippen LogP contribution in [0.3, 0.4) is 0 Å². The minimum atomic E-state index is -3.89. The lowest BCUT2D eigenvalue weighted by atomic mass is 10.1. The molecule has 8 nitrogen and oxygen atoms in total. The fraction of sp³-hybridized carbons (Fsp3) is 0.400. The second-order valence-electron chi connectivity index (χ2n) is 9.44. The SMILES string of the molecule is CC(=O)c1cccc(N(CC(=O)N(Cc2cccc(Cl)c2)[C@@H](C)C(=O)NC(C)(C)C)S(C)(=O)=O)c1. The van der Waals surface area contributed by atoms with E-state index in [9.17, 15) is 22.8 Å². The van der Waals surface area contributed by atoms with E-state index >= 15 is 0 Å². The molecule has 0 aliphatic rings. The predicted molar refractivity (Wildman–Crippen MR) is 138 cm³/mol. The molecule has 1 atom stereocenters. The summed E-state index contributed by atoms with van der Waals surface area (Å²) in [6.45, 7) is 7.94. The van der Waals surface area contributed by atoms with E-state index in [1.165, 1.54) is 24.0 Å². The summed E-state index contributed by atoms with van der Waals surface area (Å²) in [5.41, 5.74) is 0.660. The Hall–Kier alpha value is -2.91. The lowest BCUT2D eigenvalue weighted by Crippen LogP contribution is -2.54. The number of Topliss-reactive ketones (excluding diaryl/α,β-unsaturated/α-hetero) is 1. The zero-order chi connectivity index (χ0) is 26.6. The largest absolute Gasteiger partial charge is 0.350 e. The number of benzene rings is 2. The van der Waals surface area contributed by atoms with Crippen molar-refractivity contribution in [3.63, 3.8) is 0 Å². The van der Waals surface area contributed by atoms with Crippen LogP contribution in [0.2, 0.25) is 5.02 Å². The Morgan fingerprint density at radius 3 is 2.23 bits per heavy atom. The van der Waals surface area contributed by atoms with Crippen molar-refractivity contribution in [1.82, 2.24) is 10.2 Å². The number of ketones is 1. The van der Waals surface area contributed by atoms with Gasteiger partial charge in [-0.25, -0.2) is 8.42 Å². The van der Waals surface area contributed by atoms with E-state index < -0.39 is 34.1 Å². The molecule has 2 rings (SSSR count). The van der Waals surface area contributed by atoms with Crippen LogP contribution in [0.15, 0.2) is 48.5 Å². The second kappa shape index (κ2) is 11.2. The highest BCUT2D eigenvalue weighted by Crippen LogP contribution is 2.21. The maximum atomic E-state index is 13.5. The van der Waals surface area contributed by atoms with Gasteiger partial charge < -0.3 is 10.2 Å². The van der Waals surface area contributed by atoms with Gasteiger partial charge in [0.2, 0.25) is 21.8 Å². The minimum Gasteiger partial charge on any atom is -0.350 e. The third-order valence-electron chi connectivity index (χ3n) is 5.13. The van der Waals surface area contributed by atoms with Crippen LogP contribution >= 0.6 is 11.6 Å². The maximum absolute atomic E-state index is 13.5. The van der Waals surface area contributed by atoms with Crippen molar-refractivity contribution in [2.75, 3.05) is 17.1 Å². The van der Waals surface area contributed by atoms with Crippen LogP contribution in [-0.2, 0) is 26.2 Å². The summed E-state index contributed by atoms with van der Waals surface area (Å²) in [5.74, 6) is -1.20. The van der Waals surface area contributed by atoms with Gasteiger partial charge in [-0.2, -0.15) is 0 Å². The number of anilines is 1. The van der Waals surface area contributed by atoms with Crippen molar-refractivity contribution in [3.8, 4) is 0 Å². The number of hydrogen-bond acceptors (Lipinski definition) is 5. The smallest absolute Gasteiger partial charge is 0.244 e. The van der Waals surface area contributed by atoms with Crippen molar-refractivity contribution >= 4 is 44.9 Å². The number of hydrogen-bond donors (Lipinski definition) is 1. The molecule has 10 heteroatoms. The van der Waals surface area contributed by atoms with Crippen LogP contribution in [0.25, 0.3) is 0 Å². The normalized spacial score (nSPS) is 12.5. The molecule has 0 fully saturated rings. The average molecular weight is 522 g/mol. The van der Waals surface area contributed by atoms with E-state index in [1.807, 2.05) is 20.8 Å². The van der Waals surface area contributed by atoms with E-state index in [0.717, 1.165) is 10.6 Å². The lowest BCUT2D eigenvalue weighted by Gasteiger charge is -2.33. The van der Waals surface area contributed by atoms with Gasteiger partial charge in [0.15, 0.2) is 5.78 Å². The molecule has 0 aromatic heterocycles. The summed E-state index contributed by atoms with van der Waals surface area (Å²) in [7, 11) is -3.89. The molecular formula is C25H32ClN3O5S. The Balaban J connectivity index is 2.45. The quantitative estimate of drug-likeness (QED) is 0.507. The van der Waals surface area contributed by atoms with Crippen molar-refractivity contribution in [2.24, 2.45) is 0 Å². The number of carbonyl (C=O) groups excluding carboxylic acids is 3. The molecule has 0 heterocycles. The van der Waals surface area contributed by atoms with E-state index in [-0.39, 0.29) is 23.9 Å². The molecule has 0 spiro atoms. The molecule has 0 aliphatic heterocycles. The predicted octanol–water partition coefficient (Wildman–Crippen LogP) is 3.64. The van der Waals surface area contributed by atoms with Crippen molar-refractivity contribution < 1.29 is 22.8 Å². The molecule has 0 bridgehead atoms. The maximum Gasteiger partial charge on any atom is 0.244 e. The number of halogens is 1. The van der Waals surface area contributed by atoms with Gasteiger partial charge in [0.1, 0.15) is 12.6 Å². The number of nitrogens with zero attached hydrogens (tertiary/aromatic N) is 2. The number of amides is 2. The highest BCUT2D eigenvalue weighted by atomic mass is 35.5. The van der Waals surface area contributed by atoms with Crippen LogP contribution in [0, 0.1) is 0 Å². The number of carbonyl (C=O) groups is 3. The van der Waals surface area contributed by atoms with Crippen LogP contribution in [-0.4, -0.2) is 55.3 Å². The van der Waals surface area contributed by atoms with Gasteiger partial charge in [-0.1, -0.05) is 35.9 Å². The Kier molecular flexibility index (Phi) is 9.08. The lowest BCUT2D eigenvalue weighted by molar-refractivity contribution is -0.140. The summed E-state index contributed by atoms with van der Waals surface area (Å²) < 4.78 is 26.2. The Morgan fingerprint density at radius 1 is 1.06 bits per heavy atom. The molecule has 190 valence electrons. The van der Waals surface area contributed by atoms with Crippen molar-refractivity contribution in [3.05, 3.63) is 64.7 Å². The van der Waals surface area contributed by atoms with Crippen LogP contribution in [0.1, 0.15) is 50.5 Å². The number of nitrogens with one attached hydrogen (secondary N) is 1. The monoisotopic (exact) mass is 521 g/mol. The highest BCUT2D eigenvalue weighted by Gasteiger charge is 2.31. The first-order valence-corrected chi connectivity index (χ1v) is 13.3. The number of sulfonamides is 1. The Labute approximate surface area is 212 Å². The standard InChI is InChI=1S/C25H32ClN3O5S/c1-17(24(32)27-25(3,4)5)28(15-19-9-7-11-21(26)13-19)23(31)16-29(35(6,33)34)22-12-8-10-20(14-22)18(2)30/h7-14,17H,15-16H2,1-6H3,(H,27,32)/t17-/m0/s1. The molecule has 35 heavy (non-hydrogen) atoms. The second-order valence-corrected chi connectivity index (χ2v) is 11.8. The average Bonchev–Trinajstić information content (AvgIpc) is 2.73. The third kappa shape index (κ3) is 8.36. The zero-order valence-electron chi connectivity index (χ0n) is 20.8. The van der Waals surface area contributed by atoms with E-state index in [2.05, 4.69) is 5.32 Å². The van der Waals surface area contributed by atoms with Gasteiger partial charge >= 0.3 is 0 Å². The van der Waals surface area contributed by atoms with E-state index in [4.69, 9.17) is 11.6 Å². The first-order valence-electron chi connectivity index (χ1n) is 11.0. The minimum absolute atomic E-state index is 0.0449. The number of rotatable bonds is 9. The fourth-order valence-corrected chi connectivity index (χ4v) is 4.44. The molecule has 1 N–H and O–H groups in total. The van der Waals surface area contributed by atoms with Gasteiger partial charge in [0, 0.05) is 22.7 Å². The van der Waals surface area contributed by atoms with Gasteiger partial charge in [-0.05, 0) is 64.4 Å². The first kappa shape index (κ1) is 28.3. The first-order chi connectivity index (χ1) is 16.1. The highest BCUT2D eigenvalue weighted by molar-refractivity contribution is 7.92. The topological polar surface area (TPSA) is 104 Å². The van der Waals surface area contributed by atoms with Crippen LogP contribution in [0.5, 0.6) is 0 Å². The van der Waals surface area contributed by atoms with Gasteiger partial charge in [0.25, 0.3) is 0 Å². The summed E-state index contributed by atoms with van der Waals surface area (Å²) in [6, 6.07) is 12.0. The molecule has 0 unspecified atom stereocenters. The molecule has 0 radical (unpaired) electrons. The summed E-state index contributed by atoms with van der Waals surface area (Å²) in [5, 5.41) is 3.33. The van der Waals surface area contributed by atoms with Crippen LogP contribution < -0.4 is 9.62 Å². The molecule has 2 aromatic rings. The van der Waals surface area contributed by atoms with Gasteiger partial charge in [-0.3, -0.25) is 18.7 Å². The molecular weight excluding hydrogens is 490 g/mol. The fourth-order valence-electron chi connectivity index (χ4n) is 3.38. The molecule has 0 aliphatic carbocycles. The third-order valence-corrected chi connectivity index (χ3v) is 6.50. The van der Waals surface area contributed by atoms with Crippen molar-refractivity contribution in [2.45, 2.75) is 52.7 Å². The summed E-state index contributed by atoms with van der Waals surface area (Å²) in [6.07, 6.45) is 0.984. The zero-order valence-corrected chi connectivity index (χ0v) is 22.4. The van der Waals surface area contributed by atoms with E-state index in [0.29, 0.717) is 16.1 Å². The van der Waals surface area contributed by atoms with Gasteiger partial charge in [0.05, 0.1) is 11.9 Å². The van der Waals surface area contributed by atoms with Crippen LogP contribution in [0.4, 0.5) is 5.69 Å². The van der Waals surface area contributed by atoms with Crippen molar-refractivity contribution in [1.29, 1.82) is 0 Å². The summed E-state index contributed by atoms with van der Waals surface area (Å²) >= 11 is 6.10. The molecule has 2 aromatic carbocycles. The van der Waals surface area contributed by atoms with E-state index in [1.54, 1.807) is 43.3 Å². The Bertz CT molecular complexity index is 1210. The molecule has 0 saturated carbocycles. The molecule has 2 amide bonds. The molecule has 0 saturated heterocycles. The van der Waals surface area contributed by atoms with Gasteiger partial charge in [-0.15, -0.1) is 0 Å². The Morgan fingerprint density at radius 2 is 1.69 bits per heavy atom. The summed E-state index contributed by atoms with van der Waals surface area (Å²) in [4.78, 5) is 39.6.